The molecule has 1 aliphatic rings. The molecule has 1 N–H and O–H groups in total. The smallest absolute Gasteiger partial charge is 0.410 e. The molecule has 126 valence electrons. The highest BCUT2D eigenvalue weighted by atomic mass is 35.5. The van der Waals surface area contributed by atoms with Gasteiger partial charge in [0.05, 0.1) is 6.54 Å². The summed E-state index contributed by atoms with van der Waals surface area (Å²) in [6.45, 7) is 5.94. The van der Waals surface area contributed by atoms with Crippen LogP contribution in [0.1, 0.15) is 20.8 Å². The van der Waals surface area contributed by atoms with Crippen molar-refractivity contribution < 1.29 is 19.4 Å². The number of carboxylic acids is 1. The van der Waals surface area contributed by atoms with Gasteiger partial charge in [-0.3, -0.25) is 0 Å². The Morgan fingerprint density at radius 3 is 2.65 bits per heavy atom. The molecule has 2 heterocycles. The molecular formula is C14H19ClN4O4. The fraction of sp³-hybridized carbons (Fsp3) is 0.571. The van der Waals surface area contributed by atoms with Gasteiger partial charge in [-0.25, -0.2) is 19.6 Å². The summed E-state index contributed by atoms with van der Waals surface area (Å²) in [7, 11) is 0. The minimum atomic E-state index is -1.05. The first kappa shape index (κ1) is 17.3. The van der Waals surface area contributed by atoms with Crippen molar-refractivity contribution in [1.29, 1.82) is 0 Å². The van der Waals surface area contributed by atoms with Gasteiger partial charge in [0, 0.05) is 19.3 Å². The Balaban J connectivity index is 2.15. The molecule has 1 saturated heterocycles. The largest absolute Gasteiger partial charge is 0.480 e. The van der Waals surface area contributed by atoms with Crippen LogP contribution in [0.15, 0.2) is 12.3 Å². The van der Waals surface area contributed by atoms with Crippen LogP contribution < -0.4 is 4.90 Å². The lowest BCUT2D eigenvalue weighted by Crippen LogP contribution is -2.58. The van der Waals surface area contributed by atoms with E-state index >= 15 is 0 Å². The monoisotopic (exact) mass is 342 g/mol. The lowest BCUT2D eigenvalue weighted by atomic mass is 10.1. The molecule has 8 nitrogen and oxygen atoms in total. The van der Waals surface area contributed by atoms with Crippen LogP contribution in [-0.4, -0.2) is 63.3 Å². The first-order valence-electron chi connectivity index (χ1n) is 7.13. The molecule has 1 fully saturated rings. The number of aliphatic carboxylic acids is 1. The molecule has 0 saturated carbocycles. The average molecular weight is 343 g/mol. The molecule has 2 rings (SSSR count). The summed E-state index contributed by atoms with van der Waals surface area (Å²) in [5.74, 6) is -0.630. The lowest BCUT2D eigenvalue weighted by molar-refractivity contribution is -0.139. The summed E-state index contributed by atoms with van der Waals surface area (Å²) in [5.41, 5.74) is -0.632. The van der Waals surface area contributed by atoms with Crippen molar-refractivity contribution in [3.05, 3.63) is 17.5 Å². The summed E-state index contributed by atoms with van der Waals surface area (Å²) in [5, 5.41) is 9.52. The van der Waals surface area contributed by atoms with E-state index in [-0.39, 0.29) is 11.8 Å². The molecule has 0 radical (unpaired) electrons. The molecule has 9 heteroatoms. The number of anilines is 1. The molecule has 1 unspecified atom stereocenters. The number of aromatic nitrogens is 2. The van der Waals surface area contributed by atoms with E-state index in [1.165, 1.54) is 11.1 Å². The van der Waals surface area contributed by atoms with Gasteiger partial charge >= 0.3 is 12.1 Å². The van der Waals surface area contributed by atoms with E-state index in [1.54, 1.807) is 31.7 Å². The number of carbonyl (C=O) groups excluding carboxylic acids is 1. The Kier molecular flexibility index (Phi) is 4.93. The van der Waals surface area contributed by atoms with Crippen molar-refractivity contribution in [3.63, 3.8) is 0 Å². The number of amides is 1. The molecule has 1 aromatic heterocycles. The van der Waals surface area contributed by atoms with Gasteiger partial charge in [-0.1, -0.05) is 0 Å². The normalized spacial score (nSPS) is 18.7. The minimum Gasteiger partial charge on any atom is -0.480 e. The second kappa shape index (κ2) is 6.57. The predicted octanol–water partition coefficient (Wildman–Crippen LogP) is 1.64. The van der Waals surface area contributed by atoms with Gasteiger partial charge in [0.25, 0.3) is 0 Å². The number of halogens is 1. The fourth-order valence-electron chi connectivity index (χ4n) is 2.25. The SMILES string of the molecule is CC(C)(C)OC(=O)N1CCN(c2ccnc(Cl)n2)C(C(=O)O)C1. The van der Waals surface area contributed by atoms with Crippen LogP contribution >= 0.6 is 11.6 Å². The lowest BCUT2D eigenvalue weighted by Gasteiger charge is -2.40. The summed E-state index contributed by atoms with van der Waals surface area (Å²) >= 11 is 5.76. The molecule has 1 atom stereocenters. The van der Waals surface area contributed by atoms with Gasteiger partial charge in [-0.05, 0) is 38.4 Å². The van der Waals surface area contributed by atoms with Gasteiger partial charge in [0.15, 0.2) is 0 Å². The van der Waals surface area contributed by atoms with Crippen molar-refractivity contribution in [1.82, 2.24) is 14.9 Å². The van der Waals surface area contributed by atoms with E-state index in [1.807, 2.05) is 0 Å². The van der Waals surface area contributed by atoms with Gasteiger partial charge in [-0.2, -0.15) is 0 Å². The zero-order chi connectivity index (χ0) is 17.2. The third-order valence-electron chi connectivity index (χ3n) is 3.22. The molecule has 0 aliphatic carbocycles. The molecule has 1 aliphatic heterocycles. The maximum atomic E-state index is 12.1. The number of nitrogens with zero attached hydrogens (tertiary/aromatic N) is 4. The van der Waals surface area contributed by atoms with Crippen molar-refractivity contribution in [2.24, 2.45) is 0 Å². The molecule has 0 aromatic carbocycles. The number of rotatable bonds is 2. The zero-order valence-electron chi connectivity index (χ0n) is 13.2. The van der Waals surface area contributed by atoms with Crippen LogP contribution in [0, 0.1) is 0 Å². The second-order valence-corrected chi connectivity index (χ2v) is 6.50. The number of hydrogen-bond donors (Lipinski definition) is 1. The Hall–Kier alpha value is -2.09. The third-order valence-corrected chi connectivity index (χ3v) is 3.40. The molecular weight excluding hydrogens is 324 g/mol. The summed E-state index contributed by atoms with van der Waals surface area (Å²) in [6.07, 6.45) is 0.938. The van der Waals surface area contributed by atoms with E-state index in [0.717, 1.165) is 0 Å². The Bertz CT molecular complexity index is 605. The number of ether oxygens (including phenoxy) is 1. The van der Waals surface area contributed by atoms with E-state index < -0.39 is 23.7 Å². The van der Waals surface area contributed by atoms with Gasteiger partial charge in [0.1, 0.15) is 17.5 Å². The quantitative estimate of drug-likeness (QED) is 0.816. The first-order valence-corrected chi connectivity index (χ1v) is 7.51. The maximum Gasteiger partial charge on any atom is 0.410 e. The van der Waals surface area contributed by atoms with Gasteiger partial charge in [0.2, 0.25) is 5.28 Å². The number of carboxylic acid groups (broad SMARTS) is 1. The van der Waals surface area contributed by atoms with Gasteiger partial charge in [-0.15, -0.1) is 0 Å². The highest BCUT2D eigenvalue weighted by Crippen LogP contribution is 2.21. The van der Waals surface area contributed by atoms with Crippen LogP contribution in [0.4, 0.5) is 10.6 Å². The predicted molar refractivity (Wildman–Crippen MR) is 83.6 cm³/mol. The Labute approximate surface area is 139 Å². The van der Waals surface area contributed by atoms with Crippen LogP contribution in [-0.2, 0) is 9.53 Å². The second-order valence-electron chi connectivity index (χ2n) is 6.16. The van der Waals surface area contributed by atoms with E-state index in [4.69, 9.17) is 16.3 Å². The Morgan fingerprint density at radius 2 is 2.09 bits per heavy atom. The standard InChI is InChI=1S/C14H19ClN4O4/c1-14(2,3)23-13(22)18-6-7-19(9(8-18)11(20)21)10-4-5-16-12(15)17-10/h4-5,9H,6-8H2,1-3H3,(H,20,21). The molecule has 1 aromatic rings. The van der Waals surface area contributed by atoms with Gasteiger partial charge < -0.3 is 19.6 Å². The van der Waals surface area contributed by atoms with Crippen LogP contribution in [0.25, 0.3) is 0 Å². The van der Waals surface area contributed by atoms with Crippen molar-refractivity contribution in [2.75, 3.05) is 24.5 Å². The summed E-state index contributed by atoms with van der Waals surface area (Å²) in [4.78, 5) is 34.5. The summed E-state index contributed by atoms with van der Waals surface area (Å²) in [6, 6.07) is 0.660. The minimum absolute atomic E-state index is 0.00582. The molecule has 0 spiro atoms. The zero-order valence-corrected chi connectivity index (χ0v) is 13.9. The summed E-state index contributed by atoms with van der Waals surface area (Å²) < 4.78 is 5.29. The van der Waals surface area contributed by atoms with Crippen molar-refractivity contribution >= 4 is 29.5 Å². The number of hydrogen-bond acceptors (Lipinski definition) is 6. The van der Waals surface area contributed by atoms with Crippen LogP contribution in [0.5, 0.6) is 0 Å². The van der Waals surface area contributed by atoms with E-state index in [2.05, 4.69) is 9.97 Å². The first-order chi connectivity index (χ1) is 10.7. The Morgan fingerprint density at radius 1 is 1.39 bits per heavy atom. The third kappa shape index (κ3) is 4.44. The molecule has 23 heavy (non-hydrogen) atoms. The molecule has 1 amide bonds. The van der Waals surface area contributed by atoms with E-state index in [9.17, 15) is 14.7 Å². The number of piperazine rings is 1. The topological polar surface area (TPSA) is 95.9 Å². The van der Waals surface area contributed by atoms with Crippen molar-refractivity contribution in [2.45, 2.75) is 32.4 Å². The fourth-order valence-corrected chi connectivity index (χ4v) is 2.39. The maximum absolute atomic E-state index is 12.1. The van der Waals surface area contributed by atoms with Crippen molar-refractivity contribution in [3.8, 4) is 0 Å². The van der Waals surface area contributed by atoms with E-state index in [0.29, 0.717) is 18.9 Å². The number of carbonyl (C=O) groups is 2. The highest BCUT2D eigenvalue weighted by molar-refractivity contribution is 6.28. The molecule has 0 bridgehead atoms. The van der Waals surface area contributed by atoms with Crippen LogP contribution in [0.3, 0.4) is 0 Å². The average Bonchev–Trinajstić information content (AvgIpc) is 2.44. The van der Waals surface area contributed by atoms with Crippen LogP contribution in [0.2, 0.25) is 5.28 Å². The highest BCUT2D eigenvalue weighted by Gasteiger charge is 2.36.